The summed E-state index contributed by atoms with van der Waals surface area (Å²) in [5.74, 6) is 0.298. The Morgan fingerprint density at radius 1 is 1.07 bits per heavy atom. The van der Waals surface area contributed by atoms with Crippen LogP contribution in [0.3, 0.4) is 0 Å². The van der Waals surface area contributed by atoms with E-state index < -0.39 is 11.7 Å². The number of likely N-dealkylation sites (tertiary alicyclic amines) is 1. The molecule has 2 heterocycles. The van der Waals surface area contributed by atoms with Gasteiger partial charge in [0.1, 0.15) is 23.7 Å². The second kappa shape index (κ2) is 7.62. The third kappa shape index (κ3) is 3.58. The van der Waals surface area contributed by atoms with Crippen LogP contribution in [-0.2, 0) is 16.1 Å². The van der Waals surface area contributed by atoms with Gasteiger partial charge in [-0.2, -0.15) is 0 Å². The fourth-order valence-electron chi connectivity index (χ4n) is 4.06. The van der Waals surface area contributed by atoms with Gasteiger partial charge < -0.3 is 19.5 Å². The van der Waals surface area contributed by atoms with E-state index in [0.717, 1.165) is 5.56 Å². The highest BCUT2D eigenvalue weighted by atomic mass is 16.6. The SMILES string of the molecule is CC(=O)C1=C(O)c2ccccc2OC12CCN(C(=O)OCc1ccccc1)CC2. The van der Waals surface area contributed by atoms with Crippen LogP contribution in [0.25, 0.3) is 5.76 Å². The lowest BCUT2D eigenvalue weighted by Gasteiger charge is -2.44. The first-order valence-electron chi connectivity index (χ1n) is 9.69. The van der Waals surface area contributed by atoms with Crippen molar-refractivity contribution < 1.29 is 24.2 Å². The summed E-state index contributed by atoms with van der Waals surface area (Å²) in [6.45, 7) is 2.40. The molecule has 150 valence electrons. The van der Waals surface area contributed by atoms with E-state index in [0.29, 0.717) is 37.2 Å². The topological polar surface area (TPSA) is 76.1 Å². The van der Waals surface area contributed by atoms with Crippen LogP contribution >= 0.6 is 0 Å². The predicted octanol–water partition coefficient (Wildman–Crippen LogP) is 4.11. The van der Waals surface area contributed by atoms with E-state index in [1.165, 1.54) is 6.92 Å². The van der Waals surface area contributed by atoms with Crippen LogP contribution in [0, 0.1) is 0 Å². The molecule has 2 aliphatic heterocycles. The highest BCUT2D eigenvalue weighted by Crippen LogP contribution is 2.45. The summed E-state index contributed by atoms with van der Waals surface area (Å²) in [6, 6.07) is 16.6. The minimum Gasteiger partial charge on any atom is -0.507 e. The van der Waals surface area contributed by atoms with Crippen molar-refractivity contribution in [3.05, 3.63) is 71.3 Å². The Kier molecular flexibility index (Phi) is 5.01. The molecule has 0 radical (unpaired) electrons. The largest absolute Gasteiger partial charge is 0.507 e. The van der Waals surface area contributed by atoms with Crippen molar-refractivity contribution in [2.75, 3.05) is 13.1 Å². The lowest BCUT2D eigenvalue weighted by molar-refractivity contribution is -0.116. The van der Waals surface area contributed by atoms with E-state index in [9.17, 15) is 14.7 Å². The van der Waals surface area contributed by atoms with Gasteiger partial charge in [-0.3, -0.25) is 4.79 Å². The van der Waals surface area contributed by atoms with Gasteiger partial charge in [-0.1, -0.05) is 42.5 Å². The lowest BCUT2D eigenvalue weighted by Crippen LogP contribution is -2.53. The maximum atomic E-state index is 12.5. The third-order valence-electron chi connectivity index (χ3n) is 5.53. The van der Waals surface area contributed by atoms with Crippen molar-refractivity contribution in [2.45, 2.75) is 32.0 Å². The van der Waals surface area contributed by atoms with E-state index in [1.54, 1.807) is 23.1 Å². The van der Waals surface area contributed by atoms with Gasteiger partial charge in [0.05, 0.1) is 11.1 Å². The van der Waals surface area contributed by atoms with Crippen LogP contribution in [0.5, 0.6) is 5.75 Å². The van der Waals surface area contributed by atoms with Gasteiger partial charge in [-0.25, -0.2) is 4.79 Å². The smallest absolute Gasteiger partial charge is 0.410 e. The molecule has 2 aromatic carbocycles. The van der Waals surface area contributed by atoms with Crippen LogP contribution in [0.1, 0.15) is 30.9 Å². The molecule has 0 aliphatic carbocycles. The number of hydrogen-bond acceptors (Lipinski definition) is 5. The highest BCUT2D eigenvalue weighted by molar-refractivity contribution is 6.03. The summed E-state index contributed by atoms with van der Waals surface area (Å²) in [5.41, 5.74) is 0.801. The zero-order valence-electron chi connectivity index (χ0n) is 16.3. The first kappa shape index (κ1) is 19.1. The minimum absolute atomic E-state index is 0.0283. The molecule has 1 spiro atoms. The molecule has 4 rings (SSSR count). The molecule has 1 fully saturated rings. The first-order chi connectivity index (χ1) is 14.0. The maximum Gasteiger partial charge on any atom is 0.410 e. The Labute approximate surface area is 169 Å². The Morgan fingerprint density at radius 3 is 2.41 bits per heavy atom. The Balaban J connectivity index is 1.48. The number of ketones is 1. The molecule has 1 saturated heterocycles. The number of nitrogens with zero attached hydrogens (tertiary/aromatic N) is 1. The second-order valence-corrected chi connectivity index (χ2v) is 7.40. The molecule has 0 saturated carbocycles. The van der Waals surface area contributed by atoms with Crippen molar-refractivity contribution in [2.24, 2.45) is 0 Å². The number of amides is 1. The Hall–Kier alpha value is -3.28. The summed E-state index contributed by atoms with van der Waals surface area (Å²) in [4.78, 5) is 26.4. The van der Waals surface area contributed by atoms with E-state index in [2.05, 4.69) is 0 Å². The predicted molar refractivity (Wildman–Crippen MR) is 107 cm³/mol. The number of piperidine rings is 1. The quantitative estimate of drug-likeness (QED) is 0.849. The molecule has 1 amide bonds. The van der Waals surface area contributed by atoms with Gasteiger partial charge in [0.2, 0.25) is 0 Å². The summed E-state index contributed by atoms with van der Waals surface area (Å²) in [6.07, 6.45) is 0.416. The van der Waals surface area contributed by atoms with Crippen LogP contribution < -0.4 is 4.74 Å². The average molecular weight is 393 g/mol. The van der Waals surface area contributed by atoms with Gasteiger partial charge in [-0.05, 0) is 24.6 Å². The number of hydrogen-bond donors (Lipinski definition) is 1. The molecule has 0 unspecified atom stereocenters. The number of benzene rings is 2. The zero-order chi connectivity index (χ0) is 20.4. The number of para-hydroxylation sites is 1. The fourth-order valence-corrected chi connectivity index (χ4v) is 4.06. The molecular weight excluding hydrogens is 370 g/mol. The number of carbonyl (C=O) groups is 2. The number of fused-ring (bicyclic) bond motifs is 1. The number of ether oxygens (including phenoxy) is 2. The van der Waals surface area contributed by atoms with Gasteiger partial charge >= 0.3 is 6.09 Å². The minimum atomic E-state index is -0.930. The van der Waals surface area contributed by atoms with Crippen LogP contribution in [0.2, 0.25) is 0 Å². The van der Waals surface area contributed by atoms with Gasteiger partial charge in [-0.15, -0.1) is 0 Å². The summed E-state index contributed by atoms with van der Waals surface area (Å²) in [5, 5.41) is 10.8. The second-order valence-electron chi connectivity index (χ2n) is 7.40. The molecule has 6 nitrogen and oxygen atoms in total. The monoisotopic (exact) mass is 393 g/mol. The van der Waals surface area contributed by atoms with E-state index in [4.69, 9.17) is 9.47 Å². The summed E-state index contributed by atoms with van der Waals surface area (Å²) >= 11 is 0. The number of aliphatic hydroxyl groups is 1. The highest BCUT2D eigenvalue weighted by Gasteiger charge is 2.48. The molecule has 0 bridgehead atoms. The van der Waals surface area contributed by atoms with Gasteiger partial charge in [0.15, 0.2) is 5.78 Å². The van der Waals surface area contributed by atoms with Crippen molar-refractivity contribution in [1.29, 1.82) is 0 Å². The molecule has 0 aromatic heterocycles. The van der Waals surface area contributed by atoms with Gasteiger partial charge in [0, 0.05) is 25.9 Å². The zero-order valence-corrected chi connectivity index (χ0v) is 16.3. The summed E-state index contributed by atoms with van der Waals surface area (Å²) in [7, 11) is 0. The summed E-state index contributed by atoms with van der Waals surface area (Å²) < 4.78 is 11.7. The fraction of sp³-hybridized carbons (Fsp3) is 0.304. The molecule has 1 N–H and O–H groups in total. The lowest BCUT2D eigenvalue weighted by atomic mass is 9.78. The maximum absolute atomic E-state index is 12.5. The molecule has 2 aliphatic rings. The van der Waals surface area contributed by atoms with Crippen molar-refractivity contribution in [3.8, 4) is 5.75 Å². The van der Waals surface area contributed by atoms with Gasteiger partial charge in [0.25, 0.3) is 0 Å². The average Bonchev–Trinajstić information content (AvgIpc) is 2.73. The number of rotatable bonds is 3. The molecule has 0 atom stereocenters. The molecule has 29 heavy (non-hydrogen) atoms. The normalized spacial score (nSPS) is 17.5. The van der Waals surface area contributed by atoms with E-state index in [1.807, 2.05) is 36.4 Å². The number of carbonyl (C=O) groups excluding carboxylic acids is 2. The van der Waals surface area contributed by atoms with Crippen molar-refractivity contribution >= 4 is 17.6 Å². The van der Waals surface area contributed by atoms with Crippen LogP contribution in [-0.4, -0.2) is 40.6 Å². The standard InChI is InChI=1S/C23H23NO5/c1-16(25)20-21(26)18-9-5-6-10-19(18)29-23(20)11-13-24(14-12-23)22(27)28-15-17-7-3-2-4-8-17/h2-10,26H,11-15H2,1H3. The van der Waals surface area contributed by atoms with Crippen molar-refractivity contribution in [3.63, 3.8) is 0 Å². The first-order valence-corrected chi connectivity index (χ1v) is 9.69. The number of aliphatic hydroxyl groups excluding tert-OH is 1. The molecule has 2 aromatic rings. The third-order valence-corrected chi connectivity index (χ3v) is 5.53. The van der Waals surface area contributed by atoms with E-state index in [-0.39, 0.29) is 23.7 Å². The molecule has 6 heteroatoms. The Bertz CT molecular complexity index is 958. The Morgan fingerprint density at radius 2 is 1.72 bits per heavy atom. The van der Waals surface area contributed by atoms with Crippen molar-refractivity contribution in [1.82, 2.24) is 4.90 Å². The van der Waals surface area contributed by atoms with E-state index >= 15 is 0 Å². The van der Waals surface area contributed by atoms with Crippen LogP contribution in [0.15, 0.2) is 60.2 Å². The van der Waals surface area contributed by atoms with Crippen LogP contribution in [0.4, 0.5) is 4.79 Å². The number of Topliss-reactive ketones (excluding diaryl/α,β-unsaturated/α-hetero) is 1. The molecular formula is C23H23NO5.